The largest absolute Gasteiger partial charge is 0.497 e. The Hall–Kier alpha value is -3.09. The zero-order valence-electron chi connectivity index (χ0n) is 16.3. The summed E-state index contributed by atoms with van der Waals surface area (Å²) in [5.41, 5.74) is 1.35. The molecule has 1 atom stereocenters. The van der Waals surface area contributed by atoms with E-state index in [2.05, 4.69) is 10.6 Å². The number of nitrogens with one attached hydrogen (secondary N) is 2. The maximum absolute atomic E-state index is 12.9. The molecule has 0 aliphatic heterocycles. The van der Waals surface area contributed by atoms with Gasteiger partial charge in [-0.05, 0) is 35.7 Å². The first-order valence-corrected chi connectivity index (χ1v) is 8.94. The summed E-state index contributed by atoms with van der Waals surface area (Å²) in [5, 5.41) is 5.57. The highest BCUT2D eigenvalue weighted by molar-refractivity contribution is 5.92. The van der Waals surface area contributed by atoms with Gasteiger partial charge in [-0.15, -0.1) is 0 Å². The molecular weight excluding hydrogens is 363 g/mol. The maximum Gasteiger partial charge on any atom is 0.224 e. The molecule has 0 radical (unpaired) electrons. The van der Waals surface area contributed by atoms with E-state index in [4.69, 9.17) is 9.47 Å². The summed E-state index contributed by atoms with van der Waals surface area (Å²) in [6, 6.07) is 11.1. The van der Waals surface area contributed by atoms with Crippen LogP contribution < -0.4 is 20.1 Å². The lowest BCUT2D eigenvalue weighted by Crippen LogP contribution is -2.26. The molecule has 0 unspecified atom stereocenters. The van der Waals surface area contributed by atoms with Crippen molar-refractivity contribution in [3.05, 3.63) is 53.8 Å². The Morgan fingerprint density at radius 2 is 1.68 bits per heavy atom. The Bertz CT molecular complexity index is 809. The van der Waals surface area contributed by atoms with Crippen LogP contribution in [0.1, 0.15) is 25.3 Å². The zero-order valence-corrected chi connectivity index (χ0v) is 16.3. The number of methoxy groups -OCH3 is 2. The van der Waals surface area contributed by atoms with Crippen molar-refractivity contribution in [2.75, 3.05) is 19.5 Å². The molecule has 0 spiro atoms. The van der Waals surface area contributed by atoms with Gasteiger partial charge in [0.25, 0.3) is 0 Å². The van der Waals surface area contributed by atoms with Gasteiger partial charge in [0.15, 0.2) is 0 Å². The van der Waals surface area contributed by atoms with E-state index in [-0.39, 0.29) is 36.4 Å². The molecule has 6 nitrogen and oxygen atoms in total. The molecule has 2 N–H and O–H groups in total. The molecule has 0 aliphatic rings. The van der Waals surface area contributed by atoms with Crippen molar-refractivity contribution in [2.24, 2.45) is 5.92 Å². The molecule has 0 heterocycles. The van der Waals surface area contributed by atoms with Gasteiger partial charge >= 0.3 is 0 Å². The van der Waals surface area contributed by atoms with Gasteiger partial charge in [-0.25, -0.2) is 4.39 Å². The van der Waals surface area contributed by atoms with Crippen LogP contribution in [0.25, 0.3) is 0 Å². The molecule has 0 saturated heterocycles. The fourth-order valence-electron chi connectivity index (χ4n) is 2.68. The predicted octanol–water partition coefficient (Wildman–Crippen LogP) is 3.51. The third-order valence-corrected chi connectivity index (χ3v) is 4.15. The first-order chi connectivity index (χ1) is 13.4. The van der Waals surface area contributed by atoms with E-state index < -0.39 is 0 Å². The number of rotatable bonds is 9. The van der Waals surface area contributed by atoms with E-state index in [1.165, 1.54) is 19.2 Å². The average molecular weight is 388 g/mol. The predicted molar refractivity (Wildman–Crippen MR) is 105 cm³/mol. The van der Waals surface area contributed by atoms with Gasteiger partial charge in [-0.2, -0.15) is 0 Å². The number of benzene rings is 2. The highest BCUT2D eigenvalue weighted by Gasteiger charge is 2.15. The fourth-order valence-corrected chi connectivity index (χ4v) is 2.68. The number of anilines is 1. The second kappa shape index (κ2) is 10.3. The Balaban J connectivity index is 1.80. The molecule has 150 valence electrons. The monoisotopic (exact) mass is 388 g/mol. The second-order valence-electron chi connectivity index (χ2n) is 6.53. The number of halogens is 1. The number of hydrogen-bond acceptors (Lipinski definition) is 4. The smallest absolute Gasteiger partial charge is 0.224 e. The lowest BCUT2D eigenvalue weighted by molar-refractivity contribution is -0.122. The SMILES string of the molecule is COc1ccc(NC(=O)C[C@H](C)CC(=O)NCc2ccc(F)cc2)c(OC)c1. The average Bonchev–Trinajstić information content (AvgIpc) is 2.67. The summed E-state index contributed by atoms with van der Waals surface area (Å²) < 4.78 is 23.3. The lowest BCUT2D eigenvalue weighted by Gasteiger charge is -2.14. The molecule has 0 fully saturated rings. The molecular formula is C21H25FN2O4. The standard InChI is InChI=1S/C21H25FN2O4/c1-14(10-20(25)23-13-15-4-6-16(22)7-5-15)11-21(26)24-18-9-8-17(27-2)12-19(18)28-3/h4-9,12,14H,10-11,13H2,1-3H3,(H,23,25)(H,24,26)/t14-/m1/s1. The second-order valence-corrected chi connectivity index (χ2v) is 6.53. The third kappa shape index (κ3) is 6.57. The number of amides is 2. The summed E-state index contributed by atoms with van der Waals surface area (Å²) in [6.45, 7) is 2.16. The van der Waals surface area contributed by atoms with Crippen molar-refractivity contribution in [1.82, 2.24) is 5.32 Å². The molecule has 2 rings (SSSR count). The molecule has 0 aromatic heterocycles. The summed E-state index contributed by atoms with van der Waals surface area (Å²) in [4.78, 5) is 24.3. The molecule has 2 amide bonds. The minimum atomic E-state index is -0.316. The van der Waals surface area contributed by atoms with Gasteiger partial charge in [0.2, 0.25) is 11.8 Å². The van der Waals surface area contributed by atoms with Gasteiger partial charge in [0, 0.05) is 25.5 Å². The number of carbonyl (C=O) groups is 2. The maximum atomic E-state index is 12.9. The quantitative estimate of drug-likeness (QED) is 0.689. The summed E-state index contributed by atoms with van der Waals surface area (Å²) in [7, 11) is 3.06. The number of carbonyl (C=O) groups excluding carboxylic acids is 2. The van der Waals surface area contributed by atoms with Crippen LogP contribution in [-0.2, 0) is 16.1 Å². The van der Waals surface area contributed by atoms with E-state index in [0.717, 1.165) is 5.56 Å². The van der Waals surface area contributed by atoms with Crippen LogP contribution in [-0.4, -0.2) is 26.0 Å². The molecule has 0 bridgehead atoms. The Morgan fingerprint density at radius 1 is 1.00 bits per heavy atom. The van der Waals surface area contributed by atoms with Gasteiger partial charge in [-0.3, -0.25) is 9.59 Å². The highest BCUT2D eigenvalue weighted by atomic mass is 19.1. The van der Waals surface area contributed by atoms with Crippen molar-refractivity contribution in [3.63, 3.8) is 0 Å². The molecule has 0 saturated carbocycles. The third-order valence-electron chi connectivity index (χ3n) is 4.15. The Morgan fingerprint density at radius 3 is 2.32 bits per heavy atom. The van der Waals surface area contributed by atoms with E-state index >= 15 is 0 Å². The van der Waals surface area contributed by atoms with Crippen molar-refractivity contribution in [3.8, 4) is 11.5 Å². The van der Waals surface area contributed by atoms with Crippen molar-refractivity contribution in [2.45, 2.75) is 26.3 Å². The molecule has 0 aliphatic carbocycles. The summed E-state index contributed by atoms with van der Waals surface area (Å²) >= 11 is 0. The molecule has 28 heavy (non-hydrogen) atoms. The number of ether oxygens (including phenoxy) is 2. The minimum absolute atomic E-state index is 0.141. The van der Waals surface area contributed by atoms with Crippen LogP contribution in [0.5, 0.6) is 11.5 Å². The van der Waals surface area contributed by atoms with Crippen LogP contribution in [0.4, 0.5) is 10.1 Å². The summed E-state index contributed by atoms with van der Waals surface area (Å²) in [6.07, 6.45) is 0.410. The van der Waals surface area contributed by atoms with Crippen LogP contribution in [0.15, 0.2) is 42.5 Å². The molecule has 7 heteroatoms. The Kier molecular flexibility index (Phi) is 7.80. The van der Waals surface area contributed by atoms with Crippen LogP contribution in [0.2, 0.25) is 0 Å². The first-order valence-electron chi connectivity index (χ1n) is 8.94. The zero-order chi connectivity index (χ0) is 20.5. The van der Waals surface area contributed by atoms with Gasteiger partial charge in [-0.1, -0.05) is 19.1 Å². The summed E-state index contributed by atoms with van der Waals surface area (Å²) in [5.74, 6) is 0.299. The first kappa shape index (κ1) is 21.2. The van der Waals surface area contributed by atoms with Gasteiger partial charge in [0.1, 0.15) is 17.3 Å². The fraction of sp³-hybridized carbons (Fsp3) is 0.333. The lowest BCUT2D eigenvalue weighted by atomic mass is 10.0. The number of hydrogen-bond donors (Lipinski definition) is 2. The van der Waals surface area contributed by atoms with Crippen molar-refractivity contribution in [1.29, 1.82) is 0 Å². The Labute approximate surface area is 164 Å². The van der Waals surface area contributed by atoms with Gasteiger partial charge in [0.05, 0.1) is 19.9 Å². The van der Waals surface area contributed by atoms with E-state index in [1.54, 1.807) is 37.4 Å². The topological polar surface area (TPSA) is 76.7 Å². The normalized spacial score (nSPS) is 11.4. The van der Waals surface area contributed by atoms with E-state index in [9.17, 15) is 14.0 Å². The highest BCUT2D eigenvalue weighted by Crippen LogP contribution is 2.29. The van der Waals surface area contributed by atoms with Crippen molar-refractivity contribution < 1.29 is 23.5 Å². The minimum Gasteiger partial charge on any atom is -0.497 e. The van der Waals surface area contributed by atoms with E-state index in [1.807, 2.05) is 6.92 Å². The molecule has 2 aromatic rings. The van der Waals surface area contributed by atoms with Crippen LogP contribution in [0.3, 0.4) is 0 Å². The van der Waals surface area contributed by atoms with Gasteiger partial charge < -0.3 is 20.1 Å². The van der Waals surface area contributed by atoms with E-state index in [0.29, 0.717) is 23.7 Å². The molecule has 2 aromatic carbocycles. The van der Waals surface area contributed by atoms with Crippen LogP contribution in [0, 0.1) is 11.7 Å². The van der Waals surface area contributed by atoms with Crippen LogP contribution >= 0.6 is 0 Å². The van der Waals surface area contributed by atoms with Crippen molar-refractivity contribution >= 4 is 17.5 Å².